The minimum Gasteiger partial charge on any atom is -0.480 e. The molecule has 0 spiro atoms. The van der Waals surface area contributed by atoms with Gasteiger partial charge in [0.15, 0.2) is 0 Å². The number of halogens is 1. The fourth-order valence-corrected chi connectivity index (χ4v) is 0.875. The fraction of sp³-hybridized carbons (Fsp3) is 0.857. The molecular formula is C7H13BrO3. The highest BCUT2D eigenvalue weighted by molar-refractivity contribution is 9.10. The number of hydrogen-bond acceptors (Lipinski definition) is 2. The monoisotopic (exact) mass is 224 g/mol. The molecule has 0 radical (unpaired) electrons. The van der Waals surface area contributed by atoms with E-state index in [-0.39, 0.29) is 0 Å². The zero-order chi connectivity index (χ0) is 9.07. The van der Waals surface area contributed by atoms with E-state index in [0.717, 1.165) is 0 Å². The second-order valence-electron chi connectivity index (χ2n) is 2.74. The van der Waals surface area contributed by atoms with Gasteiger partial charge in [0.2, 0.25) is 0 Å². The van der Waals surface area contributed by atoms with Gasteiger partial charge in [-0.1, -0.05) is 15.9 Å². The van der Waals surface area contributed by atoms with Gasteiger partial charge < -0.3 is 9.84 Å². The van der Waals surface area contributed by atoms with Gasteiger partial charge in [-0.3, -0.25) is 4.79 Å². The summed E-state index contributed by atoms with van der Waals surface area (Å²) in [5.74, 6) is -0.900. The summed E-state index contributed by atoms with van der Waals surface area (Å²) in [5, 5.41) is 8.62. The summed E-state index contributed by atoms with van der Waals surface area (Å²) in [7, 11) is 0. The number of hydrogen-bond donors (Lipinski definition) is 1. The fourth-order valence-electron chi connectivity index (χ4n) is 0.743. The quantitative estimate of drug-likeness (QED) is 0.740. The van der Waals surface area contributed by atoms with Crippen LogP contribution in [0.3, 0.4) is 0 Å². The lowest BCUT2D eigenvalue weighted by molar-refractivity contribution is -0.141. The summed E-state index contributed by atoms with van der Waals surface area (Å²) < 4.78 is 5.22. The van der Waals surface area contributed by atoms with Crippen molar-refractivity contribution >= 4 is 21.9 Å². The maximum absolute atomic E-state index is 10.5. The molecule has 0 saturated carbocycles. The second kappa shape index (κ2) is 4.07. The molecule has 0 aromatic carbocycles. The van der Waals surface area contributed by atoms with E-state index in [4.69, 9.17) is 9.84 Å². The van der Waals surface area contributed by atoms with Gasteiger partial charge in [-0.25, -0.2) is 0 Å². The van der Waals surface area contributed by atoms with Crippen molar-refractivity contribution < 1.29 is 14.6 Å². The van der Waals surface area contributed by atoms with Crippen LogP contribution in [-0.4, -0.2) is 28.1 Å². The molecule has 11 heavy (non-hydrogen) atoms. The lowest BCUT2D eigenvalue weighted by Gasteiger charge is -2.27. The zero-order valence-corrected chi connectivity index (χ0v) is 8.51. The zero-order valence-electron chi connectivity index (χ0n) is 6.93. The number of carbonyl (C=O) groups is 1. The van der Waals surface area contributed by atoms with Gasteiger partial charge in [0.05, 0.1) is 5.60 Å². The van der Waals surface area contributed by atoms with Crippen molar-refractivity contribution in [1.82, 2.24) is 0 Å². The maximum atomic E-state index is 10.5. The van der Waals surface area contributed by atoms with Crippen molar-refractivity contribution in [2.75, 3.05) is 6.61 Å². The predicted molar refractivity (Wildman–Crippen MR) is 46.1 cm³/mol. The lowest BCUT2D eigenvalue weighted by atomic mass is 10.1. The molecule has 0 aliphatic carbocycles. The van der Waals surface area contributed by atoms with Crippen molar-refractivity contribution in [3.63, 3.8) is 0 Å². The van der Waals surface area contributed by atoms with Crippen molar-refractivity contribution in [2.45, 2.75) is 31.2 Å². The SMILES string of the molecule is CCOC(C)(C)C(Br)C(=O)O. The van der Waals surface area contributed by atoms with Crippen LogP contribution in [0.1, 0.15) is 20.8 Å². The van der Waals surface area contributed by atoms with E-state index >= 15 is 0 Å². The Hall–Kier alpha value is -0.0900. The molecule has 1 atom stereocenters. The van der Waals surface area contributed by atoms with E-state index in [1.807, 2.05) is 6.92 Å². The number of carboxylic acid groups (broad SMARTS) is 1. The lowest BCUT2D eigenvalue weighted by Crippen LogP contribution is -2.40. The molecule has 0 amide bonds. The van der Waals surface area contributed by atoms with E-state index < -0.39 is 16.4 Å². The number of carboxylic acids is 1. The standard InChI is InChI=1S/C7H13BrO3/c1-4-11-7(2,3)5(8)6(9)10/h5H,4H2,1-3H3,(H,9,10). The van der Waals surface area contributed by atoms with E-state index in [1.54, 1.807) is 13.8 Å². The van der Waals surface area contributed by atoms with Crippen LogP contribution in [-0.2, 0) is 9.53 Å². The van der Waals surface area contributed by atoms with Crippen molar-refractivity contribution in [3.8, 4) is 0 Å². The van der Waals surface area contributed by atoms with Gasteiger partial charge >= 0.3 is 5.97 Å². The first kappa shape index (κ1) is 10.9. The highest BCUT2D eigenvalue weighted by atomic mass is 79.9. The molecular weight excluding hydrogens is 212 g/mol. The highest BCUT2D eigenvalue weighted by Gasteiger charge is 2.33. The number of aliphatic carboxylic acids is 1. The third-order valence-corrected chi connectivity index (χ3v) is 2.84. The first-order valence-electron chi connectivity index (χ1n) is 3.42. The smallest absolute Gasteiger partial charge is 0.320 e. The van der Waals surface area contributed by atoms with E-state index in [1.165, 1.54) is 0 Å². The van der Waals surface area contributed by atoms with E-state index in [2.05, 4.69) is 15.9 Å². The highest BCUT2D eigenvalue weighted by Crippen LogP contribution is 2.21. The van der Waals surface area contributed by atoms with Gasteiger partial charge in [0.1, 0.15) is 4.83 Å². The van der Waals surface area contributed by atoms with Crippen LogP contribution in [0.5, 0.6) is 0 Å². The van der Waals surface area contributed by atoms with Gasteiger partial charge in [-0.2, -0.15) is 0 Å². The van der Waals surface area contributed by atoms with Crippen LogP contribution in [0.2, 0.25) is 0 Å². The topological polar surface area (TPSA) is 46.5 Å². The molecule has 0 heterocycles. The minimum atomic E-state index is -0.900. The summed E-state index contributed by atoms with van der Waals surface area (Å²) >= 11 is 3.04. The first-order valence-corrected chi connectivity index (χ1v) is 4.34. The maximum Gasteiger partial charge on any atom is 0.320 e. The molecule has 0 aromatic rings. The Bertz CT molecular complexity index is 145. The normalized spacial score (nSPS) is 14.5. The molecule has 0 saturated heterocycles. The molecule has 0 aromatic heterocycles. The molecule has 0 bridgehead atoms. The molecule has 1 unspecified atom stereocenters. The van der Waals surface area contributed by atoms with Crippen molar-refractivity contribution in [2.24, 2.45) is 0 Å². The summed E-state index contributed by atoms with van der Waals surface area (Å²) in [6.07, 6.45) is 0. The second-order valence-corrected chi connectivity index (χ2v) is 3.65. The molecule has 1 N–H and O–H groups in total. The first-order chi connectivity index (χ1) is 4.91. The average Bonchev–Trinajstić information content (AvgIpc) is 1.86. The van der Waals surface area contributed by atoms with E-state index in [9.17, 15) is 4.79 Å². The third kappa shape index (κ3) is 3.20. The molecule has 66 valence electrons. The number of alkyl halides is 1. The molecule has 0 aliphatic heterocycles. The predicted octanol–water partition coefficient (Wildman–Crippen LogP) is 1.65. The molecule has 3 nitrogen and oxygen atoms in total. The Kier molecular flexibility index (Phi) is 4.03. The molecule has 0 fully saturated rings. The molecule has 4 heteroatoms. The third-order valence-electron chi connectivity index (χ3n) is 1.34. The number of ether oxygens (including phenoxy) is 1. The number of rotatable bonds is 4. The van der Waals surface area contributed by atoms with Gasteiger partial charge in [0, 0.05) is 6.61 Å². The Morgan fingerprint density at radius 1 is 1.73 bits per heavy atom. The summed E-state index contributed by atoms with van der Waals surface area (Å²) in [6, 6.07) is 0. The Labute approximate surface area is 74.9 Å². The molecule has 0 aliphatic rings. The van der Waals surface area contributed by atoms with E-state index in [0.29, 0.717) is 6.61 Å². The Morgan fingerprint density at radius 3 is 2.45 bits per heavy atom. The van der Waals surface area contributed by atoms with Gasteiger partial charge in [-0.15, -0.1) is 0 Å². The largest absolute Gasteiger partial charge is 0.480 e. The van der Waals surface area contributed by atoms with Crippen LogP contribution in [0.15, 0.2) is 0 Å². The average molecular weight is 225 g/mol. The summed E-state index contributed by atoms with van der Waals surface area (Å²) in [4.78, 5) is 9.84. The Balaban J connectivity index is 4.16. The van der Waals surface area contributed by atoms with Gasteiger partial charge in [0.25, 0.3) is 0 Å². The van der Waals surface area contributed by atoms with Crippen molar-refractivity contribution in [3.05, 3.63) is 0 Å². The van der Waals surface area contributed by atoms with Crippen LogP contribution < -0.4 is 0 Å². The van der Waals surface area contributed by atoms with Crippen LogP contribution in [0.25, 0.3) is 0 Å². The molecule has 0 rings (SSSR count). The minimum absolute atomic E-state index is 0.516. The Morgan fingerprint density at radius 2 is 2.18 bits per heavy atom. The van der Waals surface area contributed by atoms with Crippen LogP contribution >= 0.6 is 15.9 Å². The summed E-state index contributed by atoms with van der Waals surface area (Å²) in [5.41, 5.74) is -0.652. The van der Waals surface area contributed by atoms with Gasteiger partial charge in [-0.05, 0) is 20.8 Å². The van der Waals surface area contributed by atoms with Crippen molar-refractivity contribution in [1.29, 1.82) is 0 Å². The van der Waals surface area contributed by atoms with Crippen LogP contribution in [0, 0.1) is 0 Å². The summed E-state index contributed by atoms with van der Waals surface area (Å²) in [6.45, 7) is 5.83. The van der Waals surface area contributed by atoms with Crippen LogP contribution in [0.4, 0.5) is 0 Å².